The van der Waals surface area contributed by atoms with Crippen molar-refractivity contribution < 1.29 is 23.9 Å². The van der Waals surface area contributed by atoms with E-state index in [1.807, 2.05) is 48.7 Å². The van der Waals surface area contributed by atoms with Crippen LogP contribution in [0, 0.1) is 13.8 Å². The summed E-state index contributed by atoms with van der Waals surface area (Å²) >= 11 is 0. The van der Waals surface area contributed by atoms with E-state index in [0.29, 0.717) is 12.1 Å². The van der Waals surface area contributed by atoms with Crippen LogP contribution in [0.1, 0.15) is 34.2 Å². The van der Waals surface area contributed by atoms with Gasteiger partial charge in [-0.15, -0.1) is 0 Å². The largest absolute Gasteiger partial charge is 0.463 e. The third-order valence-corrected chi connectivity index (χ3v) is 4.05. The maximum absolute atomic E-state index is 12.4. The van der Waals surface area contributed by atoms with Crippen molar-refractivity contribution in [2.75, 3.05) is 13.2 Å². The monoisotopic (exact) mass is 369 g/mol. The van der Waals surface area contributed by atoms with Crippen LogP contribution < -0.4 is 0 Å². The van der Waals surface area contributed by atoms with E-state index in [-0.39, 0.29) is 19.0 Å². The summed E-state index contributed by atoms with van der Waals surface area (Å²) < 4.78 is 11.6. The number of carbonyl (C=O) groups is 3. The number of hydrogen-bond donors (Lipinski definition) is 0. The molecule has 1 aromatic carbocycles. The highest BCUT2D eigenvalue weighted by atomic mass is 16.5. The van der Waals surface area contributed by atoms with Gasteiger partial charge in [-0.3, -0.25) is 4.79 Å². The third kappa shape index (κ3) is 5.67. The van der Waals surface area contributed by atoms with Crippen LogP contribution in [0.4, 0.5) is 0 Å². The predicted molar refractivity (Wildman–Crippen MR) is 101 cm³/mol. The van der Waals surface area contributed by atoms with Crippen LogP contribution in [0.15, 0.2) is 48.6 Å². The minimum atomic E-state index is -0.769. The van der Waals surface area contributed by atoms with Crippen LogP contribution in [0.25, 0.3) is 0 Å². The van der Waals surface area contributed by atoms with Gasteiger partial charge < -0.3 is 14.0 Å². The van der Waals surface area contributed by atoms with E-state index in [2.05, 4.69) is 4.74 Å². The Balaban J connectivity index is 2.00. The van der Waals surface area contributed by atoms with Gasteiger partial charge in [-0.1, -0.05) is 30.3 Å². The molecule has 1 heterocycles. The van der Waals surface area contributed by atoms with E-state index in [4.69, 9.17) is 4.74 Å². The molecule has 0 aliphatic heterocycles. The predicted octanol–water partition coefficient (Wildman–Crippen LogP) is 3.00. The summed E-state index contributed by atoms with van der Waals surface area (Å²) in [6.07, 6.45) is 1.92. The molecule has 0 radical (unpaired) electrons. The summed E-state index contributed by atoms with van der Waals surface area (Å²) in [4.78, 5) is 35.2. The SMILES string of the molecule is CCOC(=O)C=CC(=O)OCC(=O)c1cc(C)n(Cc2ccccc2)c1C. The van der Waals surface area contributed by atoms with E-state index >= 15 is 0 Å². The molecule has 0 fully saturated rings. The standard InChI is InChI=1S/C21H23NO5/c1-4-26-20(24)10-11-21(25)27-14-19(23)18-12-15(2)22(16(18)3)13-17-8-6-5-7-9-17/h5-12H,4,13-14H2,1-3H3. The molecule has 27 heavy (non-hydrogen) atoms. The van der Waals surface area contributed by atoms with Crippen LogP contribution in [-0.2, 0) is 25.6 Å². The first-order valence-corrected chi connectivity index (χ1v) is 8.67. The van der Waals surface area contributed by atoms with Crippen molar-refractivity contribution in [2.45, 2.75) is 27.3 Å². The van der Waals surface area contributed by atoms with Crippen molar-refractivity contribution in [2.24, 2.45) is 0 Å². The van der Waals surface area contributed by atoms with Gasteiger partial charge in [0.25, 0.3) is 0 Å². The number of ether oxygens (including phenoxy) is 2. The summed E-state index contributed by atoms with van der Waals surface area (Å²) in [6.45, 7) is 5.95. The number of hydrogen-bond acceptors (Lipinski definition) is 5. The minimum absolute atomic E-state index is 0.218. The first-order chi connectivity index (χ1) is 12.9. The molecule has 1 aromatic heterocycles. The topological polar surface area (TPSA) is 74.6 Å². The molecule has 0 bridgehead atoms. The Bertz CT molecular complexity index is 849. The lowest BCUT2D eigenvalue weighted by Crippen LogP contribution is -2.14. The van der Waals surface area contributed by atoms with Crippen LogP contribution in [0.3, 0.4) is 0 Å². The Morgan fingerprint density at radius 2 is 1.63 bits per heavy atom. The summed E-state index contributed by atoms with van der Waals surface area (Å²) in [5.41, 5.74) is 3.42. The Morgan fingerprint density at radius 1 is 1.00 bits per heavy atom. The number of nitrogens with zero attached hydrogens (tertiary/aromatic N) is 1. The minimum Gasteiger partial charge on any atom is -0.463 e. The number of benzene rings is 1. The third-order valence-electron chi connectivity index (χ3n) is 4.05. The van der Waals surface area contributed by atoms with Gasteiger partial charge in [0.1, 0.15) is 0 Å². The average Bonchev–Trinajstić information content (AvgIpc) is 2.94. The Labute approximate surface area is 158 Å². The molecule has 142 valence electrons. The van der Waals surface area contributed by atoms with Gasteiger partial charge in [0.15, 0.2) is 6.61 Å². The van der Waals surface area contributed by atoms with Gasteiger partial charge >= 0.3 is 11.9 Å². The number of aromatic nitrogens is 1. The zero-order valence-electron chi connectivity index (χ0n) is 15.7. The van der Waals surface area contributed by atoms with E-state index < -0.39 is 11.9 Å². The van der Waals surface area contributed by atoms with Crippen LogP contribution >= 0.6 is 0 Å². The lowest BCUT2D eigenvalue weighted by molar-refractivity contribution is -0.139. The second-order valence-corrected chi connectivity index (χ2v) is 5.97. The molecule has 0 N–H and O–H groups in total. The molecule has 0 atom stereocenters. The van der Waals surface area contributed by atoms with Crippen molar-refractivity contribution >= 4 is 17.7 Å². The zero-order valence-corrected chi connectivity index (χ0v) is 15.7. The van der Waals surface area contributed by atoms with E-state index in [0.717, 1.165) is 29.1 Å². The van der Waals surface area contributed by atoms with E-state index in [1.165, 1.54) is 0 Å². The zero-order chi connectivity index (χ0) is 19.8. The summed E-state index contributed by atoms with van der Waals surface area (Å²) in [7, 11) is 0. The normalized spacial score (nSPS) is 10.8. The summed E-state index contributed by atoms with van der Waals surface area (Å²) in [6, 6.07) is 11.7. The van der Waals surface area contributed by atoms with Gasteiger partial charge in [-0.2, -0.15) is 0 Å². The van der Waals surface area contributed by atoms with E-state index in [1.54, 1.807) is 13.0 Å². The second kappa shape index (κ2) is 9.52. The van der Waals surface area contributed by atoms with Crippen molar-refractivity contribution in [3.63, 3.8) is 0 Å². The van der Waals surface area contributed by atoms with Crippen molar-refractivity contribution in [1.82, 2.24) is 4.57 Å². The Morgan fingerprint density at radius 3 is 2.26 bits per heavy atom. The molecule has 6 nitrogen and oxygen atoms in total. The molecule has 2 aromatic rings. The maximum Gasteiger partial charge on any atom is 0.331 e. The smallest absolute Gasteiger partial charge is 0.331 e. The van der Waals surface area contributed by atoms with Gasteiger partial charge in [0.05, 0.1) is 6.61 Å². The molecule has 0 saturated carbocycles. The molecule has 0 saturated heterocycles. The first kappa shape index (κ1) is 20.2. The quantitative estimate of drug-likeness (QED) is 0.406. The highest BCUT2D eigenvalue weighted by Gasteiger charge is 2.17. The van der Waals surface area contributed by atoms with Crippen molar-refractivity contribution in [3.05, 3.63) is 71.1 Å². The number of esters is 2. The summed E-state index contributed by atoms with van der Waals surface area (Å²) in [5, 5.41) is 0. The van der Waals surface area contributed by atoms with Crippen molar-refractivity contribution in [1.29, 1.82) is 0 Å². The number of carbonyl (C=O) groups excluding carboxylic acids is 3. The molecular formula is C21H23NO5. The maximum atomic E-state index is 12.4. The first-order valence-electron chi connectivity index (χ1n) is 8.67. The van der Waals surface area contributed by atoms with Crippen LogP contribution in [0.5, 0.6) is 0 Å². The lowest BCUT2D eigenvalue weighted by atomic mass is 10.1. The highest BCUT2D eigenvalue weighted by Crippen LogP contribution is 2.18. The highest BCUT2D eigenvalue weighted by molar-refractivity contribution is 6.00. The molecular weight excluding hydrogens is 346 g/mol. The molecule has 0 amide bonds. The van der Waals surface area contributed by atoms with Crippen LogP contribution in [0.2, 0.25) is 0 Å². The Kier molecular flexibility index (Phi) is 7.11. The fraction of sp³-hybridized carbons (Fsp3) is 0.286. The number of rotatable bonds is 8. The number of ketones is 1. The Hall–Kier alpha value is -3.15. The summed E-state index contributed by atoms with van der Waals surface area (Å²) in [5.74, 6) is -1.69. The lowest BCUT2D eigenvalue weighted by Gasteiger charge is -2.10. The van der Waals surface area contributed by atoms with Gasteiger partial charge in [-0.05, 0) is 32.4 Å². The van der Waals surface area contributed by atoms with Crippen LogP contribution in [-0.4, -0.2) is 35.5 Å². The molecule has 0 aliphatic carbocycles. The molecule has 6 heteroatoms. The number of aryl methyl sites for hydroxylation is 1. The average molecular weight is 369 g/mol. The van der Waals surface area contributed by atoms with Gasteiger partial charge in [0.2, 0.25) is 5.78 Å². The van der Waals surface area contributed by atoms with Gasteiger partial charge in [0, 0.05) is 35.6 Å². The molecule has 0 spiro atoms. The molecule has 0 aliphatic rings. The molecule has 2 rings (SSSR count). The number of Topliss-reactive ketones (excluding diaryl/α,β-unsaturated/α-hetero) is 1. The fourth-order valence-corrected chi connectivity index (χ4v) is 2.68. The molecule has 0 unspecified atom stereocenters. The van der Waals surface area contributed by atoms with Crippen molar-refractivity contribution in [3.8, 4) is 0 Å². The van der Waals surface area contributed by atoms with E-state index in [9.17, 15) is 14.4 Å². The second-order valence-electron chi connectivity index (χ2n) is 5.97. The fourth-order valence-electron chi connectivity index (χ4n) is 2.68. The van der Waals surface area contributed by atoms with Gasteiger partial charge in [-0.25, -0.2) is 9.59 Å².